The summed E-state index contributed by atoms with van der Waals surface area (Å²) in [5, 5.41) is 26.6. The molecule has 0 spiro atoms. The Kier molecular flexibility index (Phi) is 12.5. The van der Waals surface area contributed by atoms with Gasteiger partial charge in [-0.1, -0.05) is 62.9 Å². The Balaban J connectivity index is 1.99. The second-order valence-corrected chi connectivity index (χ2v) is 12.6. The summed E-state index contributed by atoms with van der Waals surface area (Å²) in [6.07, 6.45) is 1.30. The monoisotopic (exact) mass is 585 g/mol. The molecule has 14 heteroatoms. The molecule has 1 amide bonds. The van der Waals surface area contributed by atoms with Gasteiger partial charge in [-0.2, -0.15) is 0 Å². The summed E-state index contributed by atoms with van der Waals surface area (Å²) in [6.45, 7) is 4.79. The highest BCUT2D eigenvalue weighted by Gasteiger charge is 2.48. The van der Waals surface area contributed by atoms with E-state index < -0.39 is 43.6 Å². The number of carbonyl (C=O) groups is 3. The summed E-state index contributed by atoms with van der Waals surface area (Å²) >= 11 is 1.07. The fraction of sp³-hybridized carbons (Fsp3) is 0.480. The summed E-state index contributed by atoms with van der Waals surface area (Å²) in [5.41, 5.74) is 3.12. The Morgan fingerprint density at radius 1 is 1.28 bits per heavy atom. The molecule has 1 heterocycles. The van der Waals surface area contributed by atoms with E-state index in [9.17, 15) is 29.2 Å². The minimum atomic E-state index is -3.92. The first-order chi connectivity index (χ1) is 18.3. The van der Waals surface area contributed by atoms with Gasteiger partial charge in [-0.05, 0) is 23.9 Å². The summed E-state index contributed by atoms with van der Waals surface area (Å²) in [5.74, 6) is -0.660. The molecule has 4 unspecified atom stereocenters. The van der Waals surface area contributed by atoms with Gasteiger partial charge in [-0.3, -0.25) is 23.4 Å². The second kappa shape index (κ2) is 14.9. The summed E-state index contributed by atoms with van der Waals surface area (Å²) in [7, 11) is -3.92. The summed E-state index contributed by atoms with van der Waals surface area (Å²) < 4.78 is 30.0. The maximum atomic E-state index is 13.5. The Bertz CT molecular complexity index is 1090. The van der Waals surface area contributed by atoms with Crippen molar-refractivity contribution in [3.05, 3.63) is 59.8 Å². The third-order valence-electron chi connectivity index (χ3n) is 5.39. The van der Waals surface area contributed by atoms with Gasteiger partial charge < -0.3 is 26.0 Å². The number of nitrogens with one attached hydrogen (secondary N) is 2. The van der Waals surface area contributed by atoms with Crippen molar-refractivity contribution >= 4 is 36.8 Å². The van der Waals surface area contributed by atoms with E-state index in [1.165, 1.54) is 12.3 Å². The Labute approximate surface area is 231 Å². The minimum absolute atomic E-state index is 0.0325. The predicted molar refractivity (Wildman–Crippen MR) is 146 cm³/mol. The van der Waals surface area contributed by atoms with Crippen molar-refractivity contribution in [1.29, 1.82) is 0 Å². The van der Waals surface area contributed by atoms with Crippen LogP contribution < -0.4 is 16.1 Å². The van der Waals surface area contributed by atoms with Crippen molar-refractivity contribution in [3.63, 3.8) is 0 Å². The van der Waals surface area contributed by atoms with Crippen LogP contribution in [0.2, 0.25) is 0 Å². The van der Waals surface area contributed by atoms with Crippen molar-refractivity contribution in [3.8, 4) is 0 Å². The standard InChI is InChI=1S/C25H36N3O9PS/c1-24(2,3)23(32)39-13-12-36-38(34,28-14-18-8-5-4-6-9-18)37-16-20-21(30)25(33,17-35-20)27-11-7-10-19(15-29)22(26)31/h4-11,15,20-21,27,30,33H,12-14,16-17H2,1-3H3,(H2,26,31)(H,28,34)/b11-7-,19-10+. The first kappa shape index (κ1) is 32.9. The van der Waals surface area contributed by atoms with Crippen LogP contribution in [0.3, 0.4) is 0 Å². The maximum Gasteiger partial charge on any atom is 0.405 e. The van der Waals surface area contributed by atoms with Crippen LogP contribution in [0.5, 0.6) is 0 Å². The van der Waals surface area contributed by atoms with E-state index in [-0.39, 0.29) is 42.5 Å². The van der Waals surface area contributed by atoms with E-state index >= 15 is 0 Å². The van der Waals surface area contributed by atoms with Gasteiger partial charge in [-0.15, -0.1) is 0 Å². The van der Waals surface area contributed by atoms with Gasteiger partial charge in [0, 0.05) is 17.7 Å². The maximum absolute atomic E-state index is 13.5. The van der Waals surface area contributed by atoms with Gasteiger partial charge >= 0.3 is 7.75 Å². The largest absolute Gasteiger partial charge is 0.405 e. The fourth-order valence-corrected chi connectivity index (χ4v) is 5.32. The number of primary amides is 1. The summed E-state index contributed by atoms with van der Waals surface area (Å²) in [6, 6.07) is 9.15. The quantitative estimate of drug-likeness (QED) is 0.0291. The number of carbonyl (C=O) groups excluding carboxylic acids is 3. The predicted octanol–water partition coefficient (Wildman–Crippen LogP) is 1.39. The number of hydrogen-bond acceptors (Lipinski definition) is 11. The van der Waals surface area contributed by atoms with Crippen LogP contribution in [0.1, 0.15) is 26.3 Å². The molecule has 216 valence electrons. The average Bonchev–Trinajstić information content (AvgIpc) is 3.17. The number of aliphatic hydroxyl groups is 2. The first-order valence-electron chi connectivity index (χ1n) is 12.1. The zero-order chi connectivity index (χ0) is 29.1. The molecule has 1 aliphatic rings. The summed E-state index contributed by atoms with van der Waals surface area (Å²) in [4.78, 5) is 34.0. The normalized spacial score (nSPS) is 23.5. The average molecular weight is 586 g/mol. The van der Waals surface area contributed by atoms with Crippen molar-refractivity contribution in [2.75, 3.05) is 25.6 Å². The van der Waals surface area contributed by atoms with Gasteiger partial charge in [0.15, 0.2) is 17.1 Å². The van der Waals surface area contributed by atoms with E-state index in [2.05, 4.69) is 10.4 Å². The van der Waals surface area contributed by atoms with Crippen LogP contribution in [0.15, 0.2) is 54.3 Å². The second-order valence-electron chi connectivity index (χ2n) is 9.66. The van der Waals surface area contributed by atoms with Crippen molar-refractivity contribution < 1.29 is 42.9 Å². The molecule has 0 aliphatic carbocycles. The van der Waals surface area contributed by atoms with Crippen LogP contribution in [-0.4, -0.2) is 71.0 Å². The molecule has 1 fully saturated rings. The smallest absolute Gasteiger partial charge is 0.385 e. The van der Waals surface area contributed by atoms with Gasteiger partial charge in [0.1, 0.15) is 12.2 Å². The van der Waals surface area contributed by atoms with E-state index in [0.29, 0.717) is 0 Å². The van der Waals surface area contributed by atoms with E-state index in [0.717, 1.165) is 23.4 Å². The molecule has 1 aliphatic heterocycles. The van der Waals surface area contributed by atoms with Crippen molar-refractivity contribution in [1.82, 2.24) is 10.4 Å². The lowest BCUT2D eigenvalue weighted by atomic mass is 10.00. The van der Waals surface area contributed by atoms with Crippen LogP contribution >= 0.6 is 19.5 Å². The highest BCUT2D eigenvalue weighted by atomic mass is 32.2. The Hall–Kier alpha value is -2.35. The van der Waals surface area contributed by atoms with Crippen LogP contribution in [0.4, 0.5) is 0 Å². The van der Waals surface area contributed by atoms with Crippen LogP contribution in [0.25, 0.3) is 0 Å². The van der Waals surface area contributed by atoms with E-state index in [1.54, 1.807) is 20.8 Å². The van der Waals surface area contributed by atoms with Gasteiger partial charge in [0.05, 0.1) is 25.4 Å². The Morgan fingerprint density at radius 3 is 2.59 bits per heavy atom. The van der Waals surface area contributed by atoms with Gasteiger partial charge in [0.25, 0.3) is 5.91 Å². The number of thioether (sulfide) groups is 1. The molecule has 0 radical (unpaired) electrons. The molecule has 12 nitrogen and oxygen atoms in total. The molecule has 1 aromatic carbocycles. The first-order valence-corrected chi connectivity index (χ1v) is 14.6. The number of aliphatic hydroxyl groups excluding tert-OH is 1. The van der Waals surface area contributed by atoms with E-state index in [1.807, 2.05) is 30.3 Å². The molecule has 0 bridgehead atoms. The molecule has 4 atom stereocenters. The van der Waals surface area contributed by atoms with Crippen LogP contribution in [0, 0.1) is 5.41 Å². The number of nitrogens with two attached hydrogens (primary N) is 1. The number of aldehydes is 1. The Morgan fingerprint density at radius 2 is 1.97 bits per heavy atom. The van der Waals surface area contributed by atoms with Gasteiger partial charge in [-0.25, -0.2) is 9.65 Å². The topological polar surface area (TPSA) is 187 Å². The molecule has 0 aromatic heterocycles. The number of hydrogen-bond donors (Lipinski definition) is 5. The lowest BCUT2D eigenvalue weighted by molar-refractivity contribution is -0.118. The minimum Gasteiger partial charge on any atom is -0.385 e. The van der Waals surface area contributed by atoms with Crippen LogP contribution in [-0.2, 0) is 39.3 Å². The number of allylic oxidation sites excluding steroid dienone is 2. The lowest BCUT2D eigenvalue weighted by Gasteiger charge is -2.27. The lowest BCUT2D eigenvalue weighted by Crippen LogP contribution is -2.54. The SMILES string of the molecule is CC(C)(C)C(=O)SCCOP(=O)(NCc1ccccc1)OCC1OCC(O)(N/C=C\C=C(/C=O)C(N)=O)C1O. The molecule has 6 N–H and O–H groups in total. The molecular weight excluding hydrogens is 549 g/mol. The third kappa shape index (κ3) is 10.6. The highest BCUT2D eigenvalue weighted by molar-refractivity contribution is 8.13. The number of benzene rings is 1. The molecule has 1 aromatic rings. The zero-order valence-corrected chi connectivity index (χ0v) is 23.8. The number of rotatable bonds is 15. The zero-order valence-electron chi connectivity index (χ0n) is 22.1. The third-order valence-corrected chi connectivity index (χ3v) is 8.20. The van der Waals surface area contributed by atoms with Crippen molar-refractivity contribution in [2.45, 2.75) is 45.2 Å². The molecule has 39 heavy (non-hydrogen) atoms. The molecule has 0 saturated carbocycles. The molecular formula is C25H36N3O9PS. The molecule has 2 rings (SSSR count). The number of ether oxygens (including phenoxy) is 1. The molecule has 1 saturated heterocycles. The highest BCUT2D eigenvalue weighted by Crippen LogP contribution is 2.45. The van der Waals surface area contributed by atoms with Gasteiger partial charge in [0.2, 0.25) is 0 Å². The number of amides is 1. The van der Waals surface area contributed by atoms with Crippen molar-refractivity contribution in [2.24, 2.45) is 11.1 Å². The van der Waals surface area contributed by atoms with E-state index in [4.69, 9.17) is 19.5 Å². The fourth-order valence-electron chi connectivity index (χ4n) is 3.10.